The van der Waals surface area contributed by atoms with Gasteiger partial charge < -0.3 is 4.74 Å². The lowest BCUT2D eigenvalue weighted by molar-refractivity contribution is -0.133. The molecular weight excluding hydrogens is 164 g/mol. The highest BCUT2D eigenvalue weighted by atomic mass is 16.5. The van der Waals surface area contributed by atoms with Crippen molar-refractivity contribution >= 4 is 5.78 Å². The molecule has 2 nitrogen and oxygen atoms in total. The molecule has 2 rings (SSSR count). The maximum absolute atomic E-state index is 11.3. The first kappa shape index (κ1) is 9.20. The van der Waals surface area contributed by atoms with Gasteiger partial charge in [0.05, 0.1) is 6.10 Å². The van der Waals surface area contributed by atoms with Gasteiger partial charge >= 0.3 is 0 Å². The van der Waals surface area contributed by atoms with Crippen LogP contribution >= 0.6 is 0 Å². The van der Waals surface area contributed by atoms with E-state index >= 15 is 0 Å². The molecule has 13 heavy (non-hydrogen) atoms. The van der Waals surface area contributed by atoms with Gasteiger partial charge in [-0.2, -0.15) is 0 Å². The van der Waals surface area contributed by atoms with Crippen LogP contribution in [0.15, 0.2) is 0 Å². The fourth-order valence-electron chi connectivity index (χ4n) is 2.17. The minimum absolute atomic E-state index is 0.0666. The number of ether oxygens (including phenoxy) is 1. The Morgan fingerprint density at radius 3 is 2.31 bits per heavy atom. The number of hydrogen-bond acceptors (Lipinski definition) is 2. The SMILES string of the molecule is CC(=O)[C@H](OC1CCCC1)C1CC1. The molecule has 0 amide bonds. The monoisotopic (exact) mass is 182 g/mol. The highest BCUT2D eigenvalue weighted by Gasteiger charge is 2.36. The van der Waals surface area contributed by atoms with Crippen molar-refractivity contribution in [1.29, 1.82) is 0 Å². The molecule has 74 valence electrons. The largest absolute Gasteiger partial charge is 0.367 e. The first-order chi connectivity index (χ1) is 6.27. The van der Waals surface area contributed by atoms with Crippen molar-refractivity contribution in [3.63, 3.8) is 0 Å². The Balaban J connectivity index is 1.84. The second-order valence-corrected chi connectivity index (χ2v) is 4.41. The Morgan fingerprint density at radius 1 is 1.23 bits per heavy atom. The van der Waals surface area contributed by atoms with Crippen LogP contribution in [0.2, 0.25) is 0 Å². The molecule has 0 N–H and O–H groups in total. The molecular formula is C11H18O2. The molecule has 0 heterocycles. The van der Waals surface area contributed by atoms with Gasteiger partial charge in [-0.15, -0.1) is 0 Å². The van der Waals surface area contributed by atoms with E-state index in [1.165, 1.54) is 25.7 Å². The van der Waals surface area contributed by atoms with Crippen molar-refractivity contribution < 1.29 is 9.53 Å². The standard InChI is InChI=1S/C11H18O2/c1-8(12)11(9-6-7-9)13-10-4-2-3-5-10/h9-11H,2-7H2,1H3/t11-/m0/s1. The third-order valence-electron chi connectivity index (χ3n) is 3.09. The fraction of sp³-hybridized carbons (Fsp3) is 0.909. The van der Waals surface area contributed by atoms with Crippen LogP contribution in [0.3, 0.4) is 0 Å². The number of Topliss-reactive ketones (excluding diaryl/α,β-unsaturated/α-hetero) is 1. The fourth-order valence-corrected chi connectivity index (χ4v) is 2.17. The van der Waals surface area contributed by atoms with Crippen LogP contribution in [-0.2, 0) is 9.53 Å². The van der Waals surface area contributed by atoms with Crippen LogP contribution in [0.1, 0.15) is 45.4 Å². The van der Waals surface area contributed by atoms with E-state index in [1.54, 1.807) is 6.92 Å². The van der Waals surface area contributed by atoms with Crippen molar-refractivity contribution in [3.8, 4) is 0 Å². The van der Waals surface area contributed by atoms with E-state index in [1.807, 2.05) is 0 Å². The van der Waals surface area contributed by atoms with Crippen molar-refractivity contribution in [2.75, 3.05) is 0 Å². The number of hydrogen-bond donors (Lipinski definition) is 0. The van der Waals surface area contributed by atoms with Crippen LogP contribution in [-0.4, -0.2) is 18.0 Å². The molecule has 2 saturated carbocycles. The summed E-state index contributed by atoms with van der Waals surface area (Å²) in [4.78, 5) is 11.3. The van der Waals surface area contributed by atoms with Gasteiger partial charge in [0.2, 0.25) is 0 Å². The number of carbonyl (C=O) groups excluding carboxylic acids is 1. The van der Waals surface area contributed by atoms with Gasteiger partial charge in [0.15, 0.2) is 5.78 Å². The summed E-state index contributed by atoms with van der Waals surface area (Å²) in [6.45, 7) is 1.66. The van der Waals surface area contributed by atoms with Gasteiger partial charge in [-0.1, -0.05) is 12.8 Å². The van der Waals surface area contributed by atoms with E-state index in [2.05, 4.69) is 0 Å². The maximum atomic E-state index is 11.3. The third-order valence-corrected chi connectivity index (χ3v) is 3.09. The predicted molar refractivity (Wildman–Crippen MR) is 50.5 cm³/mol. The summed E-state index contributed by atoms with van der Waals surface area (Å²) >= 11 is 0. The molecule has 0 aromatic heterocycles. The molecule has 0 spiro atoms. The minimum Gasteiger partial charge on any atom is -0.367 e. The first-order valence-electron chi connectivity index (χ1n) is 5.43. The Kier molecular flexibility index (Phi) is 2.68. The summed E-state index contributed by atoms with van der Waals surface area (Å²) in [6.07, 6.45) is 7.58. The molecule has 2 heteroatoms. The predicted octanol–water partition coefficient (Wildman–Crippen LogP) is 2.31. The lowest BCUT2D eigenvalue weighted by atomic mass is 10.1. The number of ketones is 1. The second-order valence-electron chi connectivity index (χ2n) is 4.41. The van der Waals surface area contributed by atoms with Crippen molar-refractivity contribution in [2.45, 2.75) is 57.7 Å². The Hall–Kier alpha value is -0.370. The van der Waals surface area contributed by atoms with Gasteiger partial charge in [-0.25, -0.2) is 0 Å². The molecule has 0 aromatic rings. The van der Waals surface area contributed by atoms with E-state index in [9.17, 15) is 4.79 Å². The highest BCUT2D eigenvalue weighted by Crippen LogP contribution is 2.36. The summed E-state index contributed by atoms with van der Waals surface area (Å²) < 4.78 is 5.85. The first-order valence-corrected chi connectivity index (χ1v) is 5.43. The zero-order chi connectivity index (χ0) is 9.26. The normalized spacial score (nSPS) is 26.2. The summed E-state index contributed by atoms with van der Waals surface area (Å²) in [5, 5.41) is 0. The van der Waals surface area contributed by atoms with Gasteiger partial charge in [-0.3, -0.25) is 4.79 Å². The molecule has 2 aliphatic carbocycles. The number of rotatable bonds is 4. The van der Waals surface area contributed by atoms with Crippen molar-refractivity contribution in [3.05, 3.63) is 0 Å². The topological polar surface area (TPSA) is 26.3 Å². The van der Waals surface area contributed by atoms with Crippen LogP contribution in [0.4, 0.5) is 0 Å². The van der Waals surface area contributed by atoms with Crippen LogP contribution in [0.5, 0.6) is 0 Å². The zero-order valence-electron chi connectivity index (χ0n) is 8.29. The molecule has 0 bridgehead atoms. The third kappa shape index (κ3) is 2.31. The Morgan fingerprint density at radius 2 is 1.85 bits per heavy atom. The molecule has 1 atom stereocenters. The Bertz CT molecular complexity index is 190. The van der Waals surface area contributed by atoms with E-state index in [4.69, 9.17) is 4.74 Å². The highest BCUT2D eigenvalue weighted by molar-refractivity contribution is 5.81. The lowest BCUT2D eigenvalue weighted by Gasteiger charge is -2.19. The van der Waals surface area contributed by atoms with Gasteiger partial charge in [0, 0.05) is 0 Å². The summed E-state index contributed by atoms with van der Waals surface area (Å²) in [6, 6.07) is 0. The van der Waals surface area contributed by atoms with Crippen LogP contribution in [0.25, 0.3) is 0 Å². The van der Waals surface area contributed by atoms with E-state index in [-0.39, 0.29) is 11.9 Å². The average Bonchev–Trinajstić information content (AvgIpc) is 2.79. The van der Waals surface area contributed by atoms with Crippen LogP contribution < -0.4 is 0 Å². The van der Waals surface area contributed by atoms with Gasteiger partial charge in [0.1, 0.15) is 6.10 Å². The molecule has 0 aromatic carbocycles. The van der Waals surface area contributed by atoms with E-state index in [0.29, 0.717) is 12.0 Å². The summed E-state index contributed by atoms with van der Waals surface area (Å²) in [7, 11) is 0. The van der Waals surface area contributed by atoms with Crippen LogP contribution in [0, 0.1) is 5.92 Å². The van der Waals surface area contributed by atoms with E-state index < -0.39 is 0 Å². The second kappa shape index (κ2) is 3.79. The summed E-state index contributed by atoms with van der Waals surface area (Å²) in [5.74, 6) is 0.785. The average molecular weight is 182 g/mol. The molecule has 2 aliphatic rings. The minimum atomic E-state index is -0.0666. The quantitative estimate of drug-likeness (QED) is 0.667. The summed E-state index contributed by atoms with van der Waals surface area (Å²) in [5.41, 5.74) is 0. The maximum Gasteiger partial charge on any atom is 0.158 e. The smallest absolute Gasteiger partial charge is 0.158 e. The van der Waals surface area contributed by atoms with Crippen molar-refractivity contribution in [1.82, 2.24) is 0 Å². The molecule has 0 aliphatic heterocycles. The zero-order valence-corrected chi connectivity index (χ0v) is 8.29. The van der Waals surface area contributed by atoms with E-state index in [0.717, 1.165) is 12.8 Å². The van der Waals surface area contributed by atoms with Gasteiger partial charge in [-0.05, 0) is 38.5 Å². The number of carbonyl (C=O) groups is 1. The Labute approximate surface area is 79.7 Å². The molecule has 0 saturated heterocycles. The molecule has 0 unspecified atom stereocenters. The molecule has 2 fully saturated rings. The van der Waals surface area contributed by atoms with Crippen molar-refractivity contribution in [2.24, 2.45) is 5.92 Å². The lowest BCUT2D eigenvalue weighted by Crippen LogP contribution is -2.28. The van der Waals surface area contributed by atoms with Gasteiger partial charge in [0.25, 0.3) is 0 Å². The molecule has 0 radical (unpaired) electrons.